The summed E-state index contributed by atoms with van der Waals surface area (Å²) in [6, 6.07) is 11.5. The predicted molar refractivity (Wildman–Crippen MR) is 125 cm³/mol. The van der Waals surface area contributed by atoms with Crippen LogP contribution in [0.2, 0.25) is 0 Å². The van der Waals surface area contributed by atoms with Crippen LogP contribution in [0.15, 0.2) is 42.5 Å². The molecule has 33 heavy (non-hydrogen) atoms. The maximum Gasteiger partial charge on any atom is 0.266 e. The highest BCUT2D eigenvalue weighted by Gasteiger charge is 2.28. The Morgan fingerprint density at radius 1 is 1.24 bits per heavy atom. The van der Waals surface area contributed by atoms with E-state index in [1.54, 1.807) is 6.07 Å². The van der Waals surface area contributed by atoms with Gasteiger partial charge in [-0.3, -0.25) is 9.78 Å². The molecule has 0 saturated carbocycles. The number of nitrogens with zero attached hydrogens (tertiary/aromatic N) is 2. The van der Waals surface area contributed by atoms with Crippen LogP contribution in [0.1, 0.15) is 49.3 Å². The van der Waals surface area contributed by atoms with Crippen molar-refractivity contribution in [2.24, 2.45) is 5.92 Å². The van der Waals surface area contributed by atoms with Crippen molar-refractivity contribution in [3.63, 3.8) is 0 Å². The zero-order valence-corrected chi connectivity index (χ0v) is 18.6. The molecule has 3 aromatic rings. The Morgan fingerprint density at radius 2 is 2.03 bits per heavy atom. The summed E-state index contributed by atoms with van der Waals surface area (Å²) in [7, 11) is 5.96. The third-order valence-electron chi connectivity index (χ3n) is 6.13. The SMILES string of the molecule is [B]c1cc(NCc2cccc(C(F)F)c2F)c2cc(C3CCN(C(=O)C(C)C)C3)ccc2n1. The lowest BCUT2D eigenvalue weighted by molar-refractivity contribution is -0.133. The summed E-state index contributed by atoms with van der Waals surface area (Å²) in [6.45, 7) is 5.22. The van der Waals surface area contributed by atoms with E-state index in [2.05, 4.69) is 10.3 Å². The highest BCUT2D eigenvalue weighted by molar-refractivity contribution is 6.31. The molecule has 0 bridgehead atoms. The van der Waals surface area contributed by atoms with Gasteiger partial charge in [-0.05, 0) is 35.8 Å². The fourth-order valence-electron chi connectivity index (χ4n) is 4.36. The van der Waals surface area contributed by atoms with Crippen LogP contribution >= 0.6 is 0 Å². The van der Waals surface area contributed by atoms with Gasteiger partial charge < -0.3 is 10.2 Å². The molecule has 4 rings (SSSR count). The van der Waals surface area contributed by atoms with Crippen molar-refractivity contribution in [3.05, 3.63) is 65.0 Å². The van der Waals surface area contributed by atoms with Gasteiger partial charge in [0.25, 0.3) is 6.43 Å². The number of hydrogen-bond donors (Lipinski definition) is 1. The summed E-state index contributed by atoms with van der Waals surface area (Å²) in [5, 5.41) is 3.95. The van der Waals surface area contributed by atoms with Crippen molar-refractivity contribution < 1.29 is 18.0 Å². The predicted octanol–water partition coefficient (Wildman–Crippen LogP) is 4.69. The van der Waals surface area contributed by atoms with Crippen LogP contribution < -0.4 is 10.9 Å². The molecule has 1 amide bonds. The molecular formula is C25H25BF3N3O. The fourth-order valence-corrected chi connectivity index (χ4v) is 4.36. The van der Waals surface area contributed by atoms with Crippen molar-refractivity contribution in [3.8, 4) is 0 Å². The summed E-state index contributed by atoms with van der Waals surface area (Å²) >= 11 is 0. The quantitative estimate of drug-likeness (QED) is 0.554. The number of likely N-dealkylation sites (tertiary alicyclic amines) is 1. The molecule has 2 heterocycles. The molecule has 1 aliphatic heterocycles. The second kappa shape index (κ2) is 9.45. The molecule has 170 valence electrons. The Hall–Kier alpha value is -3.03. The third-order valence-corrected chi connectivity index (χ3v) is 6.13. The van der Waals surface area contributed by atoms with E-state index < -0.39 is 17.8 Å². The number of halogens is 3. The monoisotopic (exact) mass is 451 g/mol. The summed E-state index contributed by atoms with van der Waals surface area (Å²) in [5.41, 5.74) is 2.24. The largest absolute Gasteiger partial charge is 0.380 e. The molecule has 1 aromatic heterocycles. The number of anilines is 1. The first-order chi connectivity index (χ1) is 15.7. The number of pyridine rings is 1. The average Bonchev–Trinajstić information content (AvgIpc) is 3.27. The first-order valence-electron chi connectivity index (χ1n) is 11.0. The minimum Gasteiger partial charge on any atom is -0.380 e. The van der Waals surface area contributed by atoms with Gasteiger partial charge in [-0.1, -0.05) is 38.1 Å². The number of nitrogens with one attached hydrogen (secondary N) is 1. The Balaban J connectivity index is 1.60. The lowest BCUT2D eigenvalue weighted by atomic mass is 9.95. The Labute approximate surface area is 192 Å². The number of rotatable bonds is 6. The van der Waals surface area contributed by atoms with E-state index in [1.807, 2.05) is 36.9 Å². The minimum atomic E-state index is -2.88. The van der Waals surface area contributed by atoms with Crippen molar-refractivity contribution in [1.29, 1.82) is 0 Å². The van der Waals surface area contributed by atoms with Gasteiger partial charge in [-0.15, -0.1) is 0 Å². The van der Waals surface area contributed by atoms with Crippen molar-refractivity contribution in [2.75, 3.05) is 18.4 Å². The van der Waals surface area contributed by atoms with Gasteiger partial charge in [-0.2, -0.15) is 0 Å². The normalized spacial score (nSPS) is 16.2. The highest BCUT2D eigenvalue weighted by atomic mass is 19.3. The lowest BCUT2D eigenvalue weighted by Crippen LogP contribution is -2.31. The van der Waals surface area contributed by atoms with Crippen LogP contribution in [0.25, 0.3) is 10.9 Å². The third kappa shape index (κ3) is 4.84. The molecule has 1 fully saturated rings. The molecule has 1 saturated heterocycles. The zero-order valence-electron chi connectivity index (χ0n) is 18.6. The number of benzene rings is 2. The van der Waals surface area contributed by atoms with Crippen LogP contribution in [-0.2, 0) is 11.3 Å². The van der Waals surface area contributed by atoms with Crippen LogP contribution in [0.3, 0.4) is 0 Å². The van der Waals surface area contributed by atoms with Crippen LogP contribution in [0.5, 0.6) is 0 Å². The van der Waals surface area contributed by atoms with Crippen LogP contribution in [-0.4, -0.2) is 36.7 Å². The first kappa shape index (κ1) is 23.1. The second-order valence-electron chi connectivity index (χ2n) is 8.77. The maximum absolute atomic E-state index is 14.5. The molecule has 1 unspecified atom stereocenters. The smallest absolute Gasteiger partial charge is 0.266 e. The van der Waals surface area contributed by atoms with E-state index in [9.17, 15) is 18.0 Å². The number of hydrogen-bond acceptors (Lipinski definition) is 3. The molecule has 2 radical (unpaired) electrons. The lowest BCUT2D eigenvalue weighted by Gasteiger charge is -2.19. The molecular weight excluding hydrogens is 426 g/mol. The van der Waals surface area contributed by atoms with Gasteiger partial charge in [0.05, 0.1) is 11.1 Å². The number of alkyl halides is 2. The molecule has 1 aliphatic rings. The van der Waals surface area contributed by atoms with Crippen molar-refractivity contribution in [2.45, 2.75) is 39.2 Å². The minimum absolute atomic E-state index is 0.0231. The molecule has 2 aromatic carbocycles. The molecule has 0 spiro atoms. The van der Waals surface area contributed by atoms with E-state index in [4.69, 9.17) is 7.85 Å². The number of aromatic nitrogens is 1. The van der Waals surface area contributed by atoms with Crippen LogP contribution in [0, 0.1) is 11.7 Å². The van der Waals surface area contributed by atoms with E-state index in [0.29, 0.717) is 23.3 Å². The van der Waals surface area contributed by atoms with E-state index in [-0.39, 0.29) is 29.9 Å². The summed E-state index contributed by atoms with van der Waals surface area (Å²) in [6.07, 6.45) is -2.00. The fraction of sp³-hybridized carbons (Fsp3) is 0.360. The van der Waals surface area contributed by atoms with Gasteiger partial charge in [0.15, 0.2) is 0 Å². The van der Waals surface area contributed by atoms with Gasteiger partial charge in [0.1, 0.15) is 13.7 Å². The molecule has 1 N–H and O–H groups in total. The van der Waals surface area contributed by atoms with Gasteiger partial charge in [0.2, 0.25) is 5.91 Å². The zero-order chi connectivity index (χ0) is 23.7. The number of carbonyl (C=O) groups is 1. The summed E-state index contributed by atoms with van der Waals surface area (Å²) < 4.78 is 40.5. The topological polar surface area (TPSA) is 45.2 Å². The van der Waals surface area contributed by atoms with Crippen LogP contribution in [0.4, 0.5) is 18.9 Å². The standard InChI is InChI=1S/C25H25BF3N3O/c1-14(2)25(33)32-9-8-17(13-32)15-6-7-20-19(10-15)21(11-22(26)31-20)30-12-16-4-3-5-18(23(16)27)24(28)29/h3-7,10-11,14,17,24H,8-9,12-13H2,1-2H3,(H,30,31). The van der Waals surface area contributed by atoms with E-state index >= 15 is 0 Å². The van der Waals surface area contributed by atoms with E-state index in [0.717, 1.165) is 30.0 Å². The first-order valence-corrected chi connectivity index (χ1v) is 11.0. The van der Waals surface area contributed by atoms with Crippen molar-refractivity contribution >= 4 is 35.9 Å². The Kier molecular flexibility index (Phi) is 6.63. The average molecular weight is 451 g/mol. The molecule has 4 nitrogen and oxygen atoms in total. The Morgan fingerprint density at radius 3 is 2.76 bits per heavy atom. The number of carbonyl (C=O) groups excluding carboxylic acids is 1. The Bertz CT molecular complexity index is 1190. The second-order valence-corrected chi connectivity index (χ2v) is 8.77. The molecule has 8 heteroatoms. The number of amides is 1. The maximum atomic E-state index is 14.5. The molecule has 0 aliphatic carbocycles. The summed E-state index contributed by atoms with van der Waals surface area (Å²) in [5.74, 6) is -0.578. The van der Waals surface area contributed by atoms with Gasteiger partial charge in [0, 0.05) is 48.1 Å². The van der Waals surface area contributed by atoms with E-state index in [1.165, 1.54) is 12.1 Å². The summed E-state index contributed by atoms with van der Waals surface area (Å²) in [4.78, 5) is 18.6. The van der Waals surface area contributed by atoms with Gasteiger partial charge >= 0.3 is 0 Å². The van der Waals surface area contributed by atoms with Crippen molar-refractivity contribution in [1.82, 2.24) is 9.88 Å². The van der Waals surface area contributed by atoms with Gasteiger partial charge in [-0.25, -0.2) is 13.2 Å². The highest BCUT2D eigenvalue weighted by Crippen LogP contribution is 2.32. The molecule has 1 atom stereocenters. The number of fused-ring (bicyclic) bond motifs is 1.